The van der Waals surface area contributed by atoms with Gasteiger partial charge in [-0.25, -0.2) is 0 Å². The molecule has 0 amide bonds. The van der Waals surface area contributed by atoms with Crippen LogP contribution in [-0.2, 0) is 5.41 Å². The summed E-state index contributed by atoms with van der Waals surface area (Å²) in [6, 6.07) is 39.4. The molecule has 0 fully saturated rings. The average molecular weight is 614 g/mol. The van der Waals surface area contributed by atoms with Crippen molar-refractivity contribution >= 4 is 33.0 Å². The summed E-state index contributed by atoms with van der Waals surface area (Å²) in [5, 5.41) is 0. The van der Waals surface area contributed by atoms with E-state index in [1.54, 1.807) is 6.07 Å². The lowest BCUT2D eigenvalue weighted by atomic mass is 9.86. The van der Waals surface area contributed by atoms with Crippen LogP contribution in [0.15, 0.2) is 156 Å². The third kappa shape index (κ3) is 5.82. The van der Waals surface area contributed by atoms with Crippen molar-refractivity contribution in [1.29, 1.82) is 0 Å². The molecule has 6 rings (SSSR count). The van der Waals surface area contributed by atoms with E-state index in [1.807, 2.05) is 54.6 Å². The molecule has 0 saturated heterocycles. The van der Waals surface area contributed by atoms with Crippen molar-refractivity contribution in [3.63, 3.8) is 0 Å². The van der Waals surface area contributed by atoms with Gasteiger partial charge in [-0.3, -0.25) is 0 Å². The van der Waals surface area contributed by atoms with Crippen LogP contribution in [0.3, 0.4) is 0 Å². The van der Waals surface area contributed by atoms with Crippen LogP contribution in [0.2, 0.25) is 0 Å². The summed E-state index contributed by atoms with van der Waals surface area (Å²) in [4.78, 5) is 2.23. The van der Waals surface area contributed by atoms with E-state index >= 15 is 0 Å². The second-order valence-electron chi connectivity index (χ2n) is 11.3. The molecular weight excluding hydrogens is 574 g/mol. The maximum Gasteiger partial charge on any atom is 0.0629 e. The third-order valence-corrected chi connectivity index (χ3v) is 7.79. The molecule has 0 aromatic heterocycles. The van der Waals surface area contributed by atoms with E-state index in [2.05, 4.69) is 102 Å². The molecule has 1 nitrogen and oxygen atoms in total. The topological polar surface area (TPSA) is 3.24 Å². The second-order valence-corrected chi connectivity index (χ2v) is 12.2. The number of anilines is 3. The SMILES string of the molecule is [2H]c1c([2H])c([2H])c(-c2cccc(N(c3cc(Br)cc(C(C)(C)C)c3)c3c(-c4ccccc4)cccc3-c3ccccc3)c2)c([2H])c1[2H]. The molecule has 0 atom stereocenters. The van der Waals surface area contributed by atoms with Gasteiger partial charge in [-0.15, -0.1) is 0 Å². The van der Waals surface area contributed by atoms with Gasteiger partial charge in [-0.1, -0.05) is 158 Å². The lowest BCUT2D eigenvalue weighted by Crippen LogP contribution is -2.16. The van der Waals surface area contributed by atoms with Crippen molar-refractivity contribution in [2.24, 2.45) is 0 Å². The molecule has 6 aromatic rings. The van der Waals surface area contributed by atoms with Gasteiger partial charge >= 0.3 is 0 Å². The maximum atomic E-state index is 8.70. The second kappa shape index (κ2) is 11.8. The van der Waals surface area contributed by atoms with Crippen LogP contribution in [0.4, 0.5) is 17.1 Å². The first kappa shape index (κ1) is 22.2. The van der Waals surface area contributed by atoms with Gasteiger partial charge in [0, 0.05) is 27.0 Å². The molecule has 0 aliphatic carbocycles. The van der Waals surface area contributed by atoms with Gasteiger partial charge < -0.3 is 4.90 Å². The number of benzene rings is 6. The number of rotatable bonds is 6. The summed E-state index contributed by atoms with van der Waals surface area (Å²) in [6.45, 7) is 6.57. The summed E-state index contributed by atoms with van der Waals surface area (Å²) in [5.41, 5.74) is 8.53. The Labute approximate surface area is 265 Å². The van der Waals surface area contributed by atoms with Crippen LogP contribution in [0.5, 0.6) is 0 Å². The van der Waals surface area contributed by atoms with Crippen LogP contribution in [-0.4, -0.2) is 0 Å². The quantitative estimate of drug-likeness (QED) is 0.181. The lowest BCUT2D eigenvalue weighted by Gasteiger charge is -2.32. The standard InChI is InChI=1S/C40H34BrN/c1-40(2,3)33-26-34(41)28-36(27-33)42(35-22-13-21-32(25-35)29-15-7-4-8-16-29)39-37(30-17-9-5-10-18-30)23-14-24-38(39)31-19-11-6-12-20-31/h4-28H,1-3H3/i4D,7D,8D,15D,16D. The predicted octanol–water partition coefficient (Wildman–Crippen LogP) is 12.2. The first-order valence-corrected chi connectivity index (χ1v) is 14.8. The molecular formula is C40H34BrN. The van der Waals surface area contributed by atoms with Gasteiger partial charge in [0.05, 0.1) is 12.5 Å². The number of halogens is 1. The highest BCUT2D eigenvalue weighted by atomic mass is 79.9. The lowest BCUT2D eigenvalue weighted by molar-refractivity contribution is 0.590. The van der Waals surface area contributed by atoms with E-state index in [0.29, 0.717) is 5.56 Å². The predicted molar refractivity (Wildman–Crippen MR) is 184 cm³/mol. The number of nitrogens with zero attached hydrogens (tertiary/aromatic N) is 1. The van der Waals surface area contributed by atoms with Crippen LogP contribution >= 0.6 is 15.9 Å². The van der Waals surface area contributed by atoms with Crippen LogP contribution in [0, 0.1) is 0 Å². The maximum absolute atomic E-state index is 8.70. The Bertz CT molecular complexity index is 2000. The summed E-state index contributed by atoms with van der Waals surface area (Å²) < 4.78 is 43.1. The van der Waals surface area contributed by atoms with E-state index in [0.717, 1.165) is 49.4 Å². The Morgan fingerprint density at radius 1 is 0.548 bits per heavy atom. The van der Waals surface area contributed by atoms with Crippen LogP contribution in [0.25, 0.3) is 33.4 Å². The van der Waals surface area contributed by atoms with E-state index in [1.165, 1.54) is 0 Å². The normalized spacial score (nSPS) is 13.0. The molecule has 0 bridgehead atoms. The van der Waals surface area contributed by atoms with E-state index < -0.39 is 6.04 Å². The molecule has 0 aliphatic heterocycles. The summed E-state index contributed by atoms with van der Waals surface area (Å²) in [5.74, 6) is 0. The number of hydrogen-bond acceptors (Lipinski definition) is 1. The van der Waals surface area contributed by atoms with Gasteiger partial charge in [0.2, 0.25) is 0 Å². The molecule has 0 saturated carbocycles. The van der Waals surface area contributed by atoms with Crippen LogP contribution in [0.1, 0.15) is 33.2 Å². The minimum absolute atomic E-state index is 0.138. The zero-order valence-electron chi connectivity index (χ0n) is 28.9. The Morgan fingerprint density at radius 2 is 1.12 bits per heavy atom. The highest BCUT2D eigenvalue weighted by Crippen LogP contribution is 2.48. The minimum Gasteiger partial charge on any atom is -0.309 e. The Kier molecular flexibility index (Phi) is 6.26. The molecule has 0 heterocycles. The molecule has 0 spiro atoms. The van der Waals surface area contributed by atoms with Crippen molar-refractivity contribution < 1.29 is 6.85 Å². The molecule has 42 heavy (non-hydrogen) atoms. The van der Waals surface area contributed by atoms with Gasteiger partial charge in [0.15, 0.2) is 0 Å². The number of para-hydroxylation sites is 1. The molecule has 6 aromatic carbocycles. The highest BCUT2D eigenvalue weighted by Gasteiger charge is 2.24. The highest BCUT2D eigenvalue weighted by molar-refractivity contribution is 9.10. The van der Waals surface area contributed by atoms with Crippen molar-refractivity contribution in [1.82, 2.24) is 0 Å². The fourth-order valence-corrected chi connectivity index (χ4v) is 5.71. The monoisotopic (exact) mass is 612 g/mol. The van der Waals surface area contributed by atoms with Crippen LogP contribution < -0.4 is 4.90 Å². The largest absolute Gasteiger partial charge is 0.309 e. The summed E-state index contributed by atoms with van der Waals surface area (Å²) in [6.07, 6.45) is 0. The summed E-state index contributed by atoms with van der Waals surface area (Å²) in [7, 11) is 0. The first-order valence-electron chi connectivity index (χ1n) is 16.5. The van der Waals surface area contributed by atoms with E-state index in [9.17, 15) is 0 Å². The average Bonchev–Trinajstić information content (AvgIpc) is 3.07. The van der Waals surface area contributed by atoms with E-state index in [4.69, 9.17) is 6.85 Å². The smallest absolute Gasteiger partial charge is 0.0629 e. The Hall–Kier alpha value is -4.40. The zero-order chi connectivity index (χ0) is 33.5. The minimum atomic E-state index is -0.408. The summed E-state index contributed by atoms with van der Waals surface area (Å²) >= 11 is 3.80. The first-order chi connectivity index (χ1) is 22.5. The Balaban J connectivity index is 1.72. The van der Waals surface area contributed by atoms with E-state index in [-0.39, 0.29) is 35.1 Å². The van der Waals surface area contributed by atoms with Gasteiger partial charge in [0.25, 0.3) is 0 Å². The zero-order valence-corrected chi connectivity index (χ0v) is 25.5. The molecule has 0 unspecified atom stereocenters. The van der Waals surface area contributed by atoms with Crippen molar-refractivity contribution in [2.45, 2.75) is 26.2 Å². The van der Waals surface area contributed by atoms with Gasteiger partial charge in [-0.05, 0) is 63.6 Å². The fourth-order valence-electron chi connectivity index (χ4n) is 5.22. The van der Waals surface area contributed by atoms with Crippen molar-refractivity contribution in [2.75, 3.05) is 4.90 Å². The molecule has 0 aliphatic rings. The Morgan fingerprint density at radius 3 is 1.71 bits per heavy atom. The van der Waals surface area contributed by atoms with Crippen molar-refractivity contribution in [3.8, 4) is 33.4 Å². The van der Waals surface area contributed by atoms with Crippen molar-refractivity contribution in [3.05, 3.63) is 162 Å². The molecule has 2 heteroatoms. The third-order valence-electron chi connectivity index (χ3n) is 7.33. The van der Waals surface area contributed by atoms with Gasteiger partial charge in [-0.2, -0.15) is 0 Å². The molecule has 0 radical (unpaired) electrons. The number of hydrogen-bond donors (Lipinski definition) is 0. The fraction of sp³-hybridized carbons (Fsp3) is 0.100. The molecule has 206 valence electrons. The molecule has 0 N–H and O–H groups in total. The van der Waals surface area contributed by atoms with Gasteiger partial charge in [0.1, 0.15) is 0 Å².